The Hall–Kier alpha value is -1.27. The number of hydrogen-bond donors (Lipinski definition) is 2. The van der Waals surface area contributed by atoms with Crippen LogP contribution < -0.4 is 5.73 Å². The number of benzene rings is 1. The molecule has 1 heterocycles. The molecule has 1 saturated heterocycles. The molecule has 1 aliphatic heterocycles. The van der Waals surface area contributed by atoms with E-state index in [1.807, 2.05) is 0 Å². The molecule has 18 heavy (non-hydrogen) atoms. The maximum absolute atomic E-state index is 13.0. The van der Waals surface area contributed by atoms with Crippen molar-refractivity contribution >= 4 is 5.69 Å². The van der Waals surface area contributed by atoms with Crippen LogP contribution in [0.2, 0.25) is 0 Å². The number of alkyl halides is 3. The Kier molecular flexibility index (Phi) is 3.25. The van der Waals surface area contributed by atoms with E-state index in [2.05, 4.69) is 0 Å². The lowest BCUT2D eigenvalue weighted by atomic mass is 9.82. The molecule has 0 amide bonds. The van der Waals surface area contributed by atoms with Crippen molar-refractivity contribution in [3.05, 3.63) is 29.3 Å². The van der Waals surface area contributed by atoms with Crippen LogP contribution in [0, 0.1) is 0 Å². The molecule has 0 spiro atoms. The lowest BCUT2D eigenvalue weighted by Gasteiger charge is -2.35. The summed E-state index contributed by atoms with van der Waals surface area (Å²) in [4.78, 5) is 0. The summed E-state index contributed by atoms with van der Waals surface area (Å²) in [6, 6.07) is 3.56. The maximum Gasteiger partial charge on any atom is 0.416 e. The first-order valence-electron chi connectivity index (χ1n) is 5.61. The third kappa shape index (κ3) is 2.30. The highest BCUT2D eigenvalue weighted by molar-refractivity contribution is 5.55. The molecule has 1 aliphatic rings. The van der Waals surface area contributed by atoms with Crippen LogP contribution >= 0.6 is 0 Å². The summed E-state index contributed by atoms with van der Waals surface area (Å²) in [6.07, 6.45) is -4.30. The third-order valence-corrected chi connectivity index (χ3v) is 3.19. The van der Waals surface area contributed by atoms with E-state index >= 15 is 0 Å². The van der Waals surface area contributed by atoms with Crippen LogP contribution in [0.4, 0.5) is 18.9 Å². The minimum Gasteiger partial charge on any atom is -0.398 e. The predicted octanol–water partition coefficient (Wildman–Crippen LogP) is 2.29. The topological polar surface area (TPSA) is 55.5 Å². The van der Waals surface area contributed by atoms with E-state index < -0.39 is 17.3 Å². The Morgan fingerprint density at radius 3 is 2.39 bits per heavy atom. The molecule has 0 aromatic heterocycles. The average molecular weight is 261 g/mol. The van der Waals surface area contributed by atoms with Crippen LogP contribution in [0.25, 0.3) is 0 Å². The molecule has 3 nitrogen and oxygen atoms in total. The number of nitrogen functional groups attached to an aromatic ring is 1. The van der Waals surface area contributed by atoms with Gasteiger partial charge in [-0.3, -0.25) is 0 Å². The highest BCUT2D eigenvalue weighted by atomic mass is 19.4. The summed E-state index contributed by atoms with van der Waals surface area (Å²) in [7, 11) is 0. The summed E-state index contributed by atoms with van der Waals surface area (Å²) in [5.41, 5.74) is 2.95. The Labute approximate surface area is 102 Å². The van der Waals surface area contributed by atoms with E-state index in [9.17, 15) is 18.3 Å². The molecule has 1 fully saturated rings. The van der Waals surface area contributed by atoms with Crippen LogP contribution in [0.15, 0.2) is 18.2 Å². The van der Waals surface area contributed by atoms with Crippen molar-refractivity contribution in [3.63, 3.8) is 0 Å². The summed E-state index contributed by atoms with van der Waals surface area (Å²) in [5, 5.41) is 10.4. The first-order chi connectivity index (χ1) is 8.34. The zero-order valence-corrected chi connectivity index (χ0v) is 9.63. The zero-order chi connectivity index (χ0) is 13.4. The number of ether oxygens (including phenoxy) is 1. The Morgan fingerprint density at radius 1 is 1.22 bits per heavy atom. The first kappa shape index (κ1) is 13.2. The maximum atomic E-state index is 13.0. The van der Waals surface area contributed by atoms with Gasteiger partial charge in [0.15, 0.2) is 0 Å². The highest BCUT2D eigenvalue weighted by Crippen LogP contribution is 2.43. The van der Waals surface area contributed by atoms with Gasteiger partial charge in [0.05, 0.1) is 11.2 Å². The number of anilines is 1. The molecule has 3 N–H and O–H groups in total. The van der Waals surface area contributed by atoms with Gasteiger partial charge in [-0.1, -0.05) is 6.07 Å². The number of aliphatic hydroxyl groups is 1. The quantitative estimate of drug-likeness (QED) is 0.762. The number of nitrogens with two attached hydrogens (primary N) is 1. The fourth-order valence-electron chi connectivity index (χ4n) is 2.28. The van der Waals surface area contributed by atoms with Gasteiger partial charge in [-0.25, -0.2) is 0 Å². The van der Waals surface area contributed by atoms with E-state index in [0.29, 0.717) is 0 Å². The van der Waals surface area contributed by atoms with Crippen molar-refractivity contribution in [1.29, 1.82) is 0 Å². The monoisotopic (exact) mass is 261 g/mol. The van der Waals surface area contributed by atoms with E-state index in [-0.39, 0.29) is 37.3 Å². The molecule has 6 heteroatoms. The van der Waals surface area contributed by atoms with E-state index in [1.165, 1.54) is 12.1 Å². The Balaban J connectivity index is 2.55. The van der Waals surface area contributed by atoms with Crippen LogP contribution in [0.5, 0.6) is 0 Å². The number of rotatable bonds is 1. The smallest absolute Gasteiger partial charge is 0.398 e. The van der Waals surface area contributed by atoms with Gasteiger partial charge in [-0.2, -0.15) is 13.2 Å². The predicted molar refractivity (Wildman–Crippen MR) is 59.8 cm³/mol. The van der Waals surface area contributed by atoms with Gasteiger partial charge >= 0.3 is 6.18 Å². The van der Waals surface area contributed by atoms with Gasteiger partial charge in [0, 0.05) is 37.3 Å². The third-order valence-electron chi connectivity index (χ3n) is 3.19. The SMILES string of the molecule is Nc1cccc(C(F)(F)F)c1C1(O)CCOCC1. The van der Waals surface area contributed by atoms with Crippen molar-refractivity contribution in [2.45, 2.75) is 24.6 Å². The van der Waals surface area contributed by atoms with Gasteiger partial charge in [-0.05, 0) is 12.1 Å². The molecule has 0 aliphatic carbocycles. The first-order valence-corrected chi connectivity index (χ1v) is 5.61. The normalized spacial score (nSPS) is 19.8. The van der Waals surface area contributed by atoms with Crippen molar-refractivity contribution in [2.24, 2.45) is 0 Å². The number of hydrogen-bond acceptors (Lipinski definition) is 3. The molecule has 100 valence electrons. The summed E-state index contributed by atoms with van der Waals surface area (Å²) < 4.78 is 43.9. The second-order valence-electron chi connectivity index (χ2n) is 4.41. The average Bonchev–Trinajstić information content (AvgIpc) is 2.28. The molecule has 1 aromatic rings. The van der Waals surface area contributed by atoms with Crippen LogP contribution in [0.1, 0.15) is 24.0 Å². The van der Waals surface area contributed by atoms with E-state index in [1.54, 1.807) is 0 Å². The number of halogens is 3. The van der Waals surface area contributed by atoms with Crippen molar-refractivity contribution in [3.8, 4) is 0 Å². The van der Waals surface area contributed by atoms with E-state index in [4.69, 9.17) is 10.5 Å². The molecule has 2 rings (SSSR count). The standard InChI is InChI=1S/C12H14F3NO2/c13-12(14,15)8-2-1-3-9(16)10(8)11(17)4-6-18-7-5-11/h1-3,17H,4-7,16H2. The molecular formula is C12H14F3NO2. The van der Waals surface area contributed by atoms with E-state index in [0.717, 1.165) is 6.07 Å². The molecule has 0 bridgehead atoms. The highest BCUT2D eigenvalue weighted by Gasteiger charge is 2.42. The fraction of sp³-hybridized carbons (Fsp3) is 0.500. The molecular weight excluding hydrogens is 247 g/mol. The van der Waals surface area contributed by atoms with Crippen LogP contribution in [-0.4, -0.2) is 18.3 Å². The molecule has 0 unspecified atom stereocenters. The molecule has 1 aromatic carbocycles. The van der Waals surface area contributed by atoms with Crippen LogP contribution in [0.3, 0.4) is 0 Å². The van der Waals surface area contributed by atoms with Crippen LogP contribution in [-0.2, 0) is 16.5 Å². The second kappa shape index (κ2) is 4.44. The largest absolute Gasteiger partial charge is 0.416 e. The molecule has 0 saturated carbocycles. The van der Waals surface area contributed by atoms with Gasteiger partial charge in [0.25, 0.3) is 0 Å². The lowest BCUT2D eigenvalue weighted by Crippen LogP contribution is -2.36. The zero-order valence-electron chi connectivity index (χ0n) is 9.63. The van der Waals surface area contributed by atoms with Gasteiger partial charge in [-0.15, -0.1) is 0 Å². The summed E-state index contributed by atoms with van der Waals surface area (Å²) in [5.74, 6) is 0. The van der Waals surface area contributed by atoms with Gasteiger partial charge in [0.1, 0.15) is 0 Å². The summed E-state index contributed by atoms with van der Waals surface area (Å²) >= 11 is 0. The van der Waals surface area contributed by atoms with Crippen molar-refractivity contribution < 1.29 is 23.0 Å². The molecule has 0 atom stereocenters. The summed E-state index contributed by atoms with van der Waals surface area (Å²) in [6.45, 7) is 0.449. The van der Waals surface area contributed by atoms with Gasteiger partial charge in [0.2, 0.25) is 0 Å². The van der Waals surface area contributed by atoms with Gasteiger partial charge < -0.3 is 15.6 Å². The van der Waals surface area contributed by atoms with Crippen molar-refractivity contribution in [2.75, 3.05) is 18.9 Å². The Morgan fingerprint density at radius 2 is 1.83 bits per heavy atom. The second-order valence-corrected chi connectivity index (χ2v) is 4.41. The lowest BCUT2D eigenvalue weighted by molar-refractivity contribution is -0.143. The van der Waals surface area contributed by atoms with Crippen molar-refractivity contribution in [1.82, 2.24) is 0 Å². The Bertz CT molecular complexity index is 439. The minimum absolute atomic E-state index is 0.0331. The minimum atomic E-state index is -4.53. The fourth-order valence-corrected chi connectivity index (χ4v) is 2.28. The molecule has 0 radical (unpaired) electrons.